The fourth-order valence-electron chi connectivity index (χ4n) is 1.67. The number of imidazole rings is 1. The summed E-state index contributed by atoms with van der Waals surface area (Å²) in [6, 6.07) is 3.60. The molecule has 2 aromatic rings. The summed E-state index contributed by atoms with van der Waals surface area (Å²) in [6.07, 6.45) is 4.00. The fourth-order valence-corrected chi connectivity index (χ4v) is 1.67. The Bertz CT molecular complexity index is 533. The molecule has 2 aromatic heterocycles. The highest BCUT2D eigenvalue weighted by Crippen LogP contribution is 2.18. The second kappa shape index (κ2) is 3.90. The lowest BCUT2D eigenvalue weighted by molar-refractivity contribution is -0.387. The molecular formula is C10H12N4O2. The first-order valence-electron chi connectivity index (χ1n) is 4.93. The summed E-state index contributed by atoms with van der Waals surface area (Å²) in [5.41, 5.74) is 7.22. The predicted molar refractivity (Wildman–Crippen MR) is 59.2 cm³/mol. The van der Waals surface area contributed by atoms with Crippen LogP contribution in [0, 0.1) is 10.1 Å². The molecule has 16 heavy (non-hydrogen) atoms. The zero-order chi connectivity index (χ0) is 11.7. The number of hydrogen-bond donors (Lipinski definition) is 1. The van der Waals surface area contributed by atoms with Crippen molar-refractivity contribution in [2.24, 2.45) is 5.73 Å². The van der Waals surface area contributed by atoms with E-state index in [0.717, 1.165) is 12.0 Å². The first kappa shape index (κ1) is 10.6. The molecule has 0 saturated carbocycles. The third kappa shape index (κ3) is 1.87. The van der Waals surface area contributed by atoms with E-state index in [4.69, 9.17) is 5.73 Å². The van der Waals surface area contributed by atoms with Gasteiger partial charge in [0, 0.05) is 12.2 Å². The molecule has 2 heterocycles. The lowest BCUT2D eigenvalue weighted by atomic mass is 10.1. The monoisotopic (exact) mass is 220 g/mol. The molecule has 0 aliphatic carbocycles. The van der Waals surface area contributed by atoms with E-state index in [1.807, 2.05) is 19.2 Å². The highest BCUT2D eigenvalue weighted by molar-refractivity contribution is 5.61. The van der Waals surface area contributed by atoms with Crippen LogP contribution in [0.4, 0.5) is 5.82 Å². The van der Waals surface area contributed by atoms with Gasteiger partial charge in [-0.15, -0.1) is 0 Å². The zero-order valence-electron chi connectivity index (χ0n) is 8.83. The summed E-state index contributed by atoms with van der Waals surface area (Å²) in [5.74, 6) is -0.118. The largest absolute Gasteiger partial charge is 0.389 e. The minimum absolute atomic E-state index is 0.0657. The van der Waals surface area contributed by atoms with Crippen LogP contribution in [0.5, 0.6) is 0 Å². The maximum Gasteiger partial charge on any atom is 0.389 e. The number of nitro groups is 1. The maximum absolute atomic E-state index is 10.6. The lowest BCUT2D eigenvalue weighted by Gasteiger charge is -2.04. The van der Waals surface area contributed by atoms with E-state index in [0.29, 0.717) is 5.52 Å². The Labute approximate surface area is 91.9 Å². The van der Waals surface area contributed by atoms with Gasteiger partial charge in [0.05, 0.1) is 0 Å². The van der Waals surface area contributed by atoms with E-state index in [2.05, 4.69) is 4.98 Å². The minimum atomic E-state index is -0.486. The molecule has 0 aliphatic heterocycles. The van der Waals surface area contributed by atoms with E-state index < -0.39 is 4.92 Å². The van der Waals surface area contributed by atoms with Crippen molar-refractivity contribution in [3.8, 4) is 0 Å². The molecule has 0 fully saturated rings. The molecule has 2 N–H and O–H groups in total. The molecule has 0 aliphatic rings. The molecule has 0 radical (unpaired) electrons. The number of rotatable bonds is 3. The van der Waals surface area contributed by atoms with Gasteiger partial charge in [0.2, 0.25) is 6.33 Å². The van der Waals surface area contributed by atoms with Crippen molar-refractivity contribution in [2.45, 2.75) is 19.4 Å². The van der Waals surface area contributed by atoms with Gasteiger partial charge in [-0.3, -0.25) is 4.40 Å². The van der Waals surface area contributed by atoms with Crippen molar-refractivity contribution in [3.05, 3.63) is 40.3 Å². The Kier molecular flexibility index (Phi) is 2.57. The van der Waals surface area contributed by atoms with Gasteiger partial charge in [-0.25, -0.2) is 0 Å². The number of fused-ring (bicyclic) bond motifs is 1. The third-order valence-electron chi connectivity index (χ3n) is 2.30. The van der Waals surface area contributed by atoms with E-state index >= 15 is 0 Å². The highest BCUT2D eigenvalue weighted by atomic mass is 16.6. The molecule has 1 atom stereocenters. The second-order valence-electron chi connectivity index (χ2n) is 3.84. The van der Waals surface area contributed by atoms with E-state index in [-0.39, 0.29) is 11.9 Å². The van der Waals surface area contributed by atoms with Crippen molar-refractivity contribution >= 4 is 11.3 Å². The summed E-state index contributed by atoms with van der Waals surface area (Å²) < 4.78 is 1.65. The standard InChI is InChI=1S/C10H12N4O2/c1-7(11)4-8-2-3-9-10(14(15)16)12-6-13(9)5-8/h2-3,5-7H,4,11H2,1H3. The molecule has 6 nitrogen and oxygen atoms in total. The fraction of sp³-hybridized carbons (Fsp3) is 0.300. The summed E-state index contributed by atoms with van der Waals surface area (Å²) in [6.45, 7) is 1.92. The summed E-state index contributed by atoms with van der Waals surface area (Å²) in [7, 11) is 0. The zero-order valence-corrected chi connectivity index (χ0v) is 8.83. The molecule has 2 rings (SSSR count). The lowest BCUT2D eigenvalue weighted by Crippen LogP contribution is -2.17. The predicted octanol–water partition coefficient (Wildman–Crippen LogP) is 1.13. The average molecular weight is 220 g/mol. The van der Waals surface area contributed by atoms with Gasteiger partial charge in [-0.05, 0) is 34.9 Å². The van der Waals surface area contributed by atoms with Crippen LogP contribution in [-0.2, 0) is 6.42 Å². The van der Waals surface area contributed by atoms with Crippen LogP contribution in [0.1, 0.15) is 12.5 Å². The van der Waals surface area contributed by atoms with Crippen LogP contribution >= 0.6 is 0 Å². The summed E-state index contributed by atoms with van der Waals surface area (Å²) in [5, 5.41) is 10.6. The van der Waals surface area contributed by atoms with Crippen LogP contribution in [0.15, 0.2) is 24.7 Å². The van der Waals surface area contributed by atoms with Crippen LogP contribution < -0.4 is 5.73 Å². The third-order valence-corrected chi connectivity index (χ3v) is 2.30. The number of pyridine rings is 1. The average Bonchev–Trinajstić information content (AvgIpc) is 2.59. The van der Waals surface area contributed by atoms with Crippen molar-refractivity contribution in [1.29, 1.82) is 0 Å². The molecule has 0 aromatic carbocycles. The highest BCUT2D eigenvalue weighted by Gasteiger charge is 2.15. The molecule has 0 saturated heterocycles. The molecule has 84 valence electrons. The molecule has 0 amide bonds. The topological polar surface area (TPSA) is 86.5 Å². The van der Waals surface area contributed by atoms with Gasteiger partial charge in [-0.1, -0.05) is 6.07 Å². The number of aromatic nitrogens is 2. The van der Waals surface area contributed by atoms with Crippen LogP contribution in [-0.4, -0.2) is 20.3 Å². The minimum Gasteiger partial charge on any atom is -0.358 e. The van der Waals surface area contributed by atoms with E-state index in [9.17, 15) is 10.1 Å². The Morgan fingerprint density at radius 2 is 2.38 bits per heavy atom. The van der Waals surface area contributed by atoms with E-state index in [1.165, 1.54) is 6.33 Å². The van der Waals surface area contributed by atoms with Crippen molar-refractivity contribution in [1.82, 2.24) is 9.38 Å². The van der Waals surface area contributed by atoms with Gasteiger partial charge >= 0.3 is 5.82 Å². The van der Waals surface area contributed by atoms with Gasteiger partial charge in [-0.2, -0.15) is 0 Å². The Morgan fingerprint density at radius 3 is 3.00 bits per heavy atom. The molecular weight excluding hydrogens is 208 g/mol. The molecule has 0 bridgehead atoms. The van der Waals surface area contributed by atoms with Crippen LogP contribution in [0.2, 0.25) is 0 Å². The van der Waals surface area contributed by atoms with Crippen molar-refractivity contribution in [2.75, 3.05) is 0 Å². The number of hydrogen-bond acceptors (Lipinski definition) is 4. The van der Waals surface area contributed by atoms with Gasteiger partial charge in [0.1, 0.15) is 5.52 Å². The Balaban J connectivity index is 2.45. The summed E-state index contributed by atoms with van der Waals surface area (Å²) in [4.78, 5) is 13.9. The van der Waals surface area contributed by atoms with Gasteiger partial charge < -0.3 is 15.8 Å². The van der Waals surface area contributed by atoms with Gasteiger partial charge in [0.15, 0.2) is 0 Å². The van der Waals surface area contributed by atoms with Crippen molar-refractivity contribution < 1.29 is 4.92 Å². The summed E-state index contributed by atoms with van der Waals surface area (Å²) >= 11 is 0. The van der Waals surface area contributed by atoms with Gasteiger partial charge in [0.25, 0.3) is 0 Å². The second-order valence-corrected chi connectivity index (χ2v) is 3.84. The first-order chi connectivity index (χ1) is 7.58. The Hall–Kier alpha value is -1.95. The smallest absolute Gasteiger partial charge is 0.358 e. The number of nitrogens with zero attached hydrogens (tertiary/aromatic N) is 3. The Morgan fingerprint density at radius 1 is 1.62 bits per heavy atom. The first-order valence-corrected chi connectivity index (χ1v) is 4.93. The maximum atomic E-state index is 10.6. The van der Waals surface area contributed by atoms with Crippen LogP contribution in [0.25, 0.3) is 5.52 Å². The number of nitrogens with two attached hydrogens (primary N) is 1. The van der Waals surface area contributed by atoms with Crippen LogP contribution in [0.3, 0.4) is 0 Å². The molecule has 0 spiro atoms. The normalized spacial score (nSPS) is 12.9. The molecule has 1 unspecified atom stereocenters. The SMILES string of the molecule is CC(N)Cc1ccc2c([N+](=O)[O-])ncn2c1. The van der Waals surface area contributed by atoms with E-state index in [1.54, 1.807) is 10.5 Å². The molecule has 6 heteroatoms. The van der Waals surface area contributed by atoms with Crippen molar-refractivity contribution in [3.63, 3.8) is 0 Å². The quantitative estimate of drug-likeness (QED) is 0.620.